The Kier molecular flexibility index (Phi) is 1.98. The first-order valence-electron chi connectivity index (χ1n) is 3.87. The molecule has 0 heterocycles. The van der Waals surface area contributed by atoms with Gasteiger partial charge in [-0.2, -0.15) is 0 Å². The van der Waals surface area contributed by atoms with Crippen molar-refractivity contribution in [2.24, 2.45) is 0 Å². The summed E-state index contributed by atoms with van der Waals surface area (Å²) < 4.78 is 0. The molecule has 0 aromatic carbocycles. The lowest BCUT2D eigenvalue weighted by Crippen LogP contribution is -2.57. The number of carbonyl (C=O) groups excluding carboxylic acids is 2. The van der Waals surface area contributed by atoms with Gasteiger partial charge in [0, 0.05) is 6.92 Å². The van der Waals surface area contributed by atoms with Crippen molar-refractivity contribution in [2.45, 2.75) is 38.6 Å². The largest absolute Gasteiger partial charge is 0.344 e. The van der Waals surface area contributed by atoms with Gasteiger partial charge in [-0.25, -0.2) is 0 Å². The van der Waals surface area contributed by atoms with Crippen molar-refractivity contribution < 1.29 is 9.59 Å². The second-order valence-electron chi connectivity index (χ2n) is 3.17. The van der Waals surface area contributed by atoms with Crippen LogP contribution >= 0.6 is 0 Å². The first kappa shape index (κ1) is 8.24. The molecule has 1 fully saturated rings. The number of nitrogens with one attached hydrogen (secondary N) is 1. The van der Waals surface area contributed by atoms with Gasteiger partial charge in [0.2, 0.25) is 5.91 Å². The first-order chi connectivity index (χ1) is 5.07. The van der Waals surface area contributed by atoms with Gasteiger partial charge in [0.15, 0.2) is 5.78 Å². The van der Waals surface area contributed by atoms with E-state index in [1.54, 1.807) is 0 Å². The molecule has 0 spiro atoms. The minimum Gasteiger partial charge on any atom is -0.344 e. The minimum atomic E-state index is -0.494. The molecule has 0 aromatic rings. The van der Waals surface area contributed by atoms with Crippen molar-refractivity contribution in [1.82, 2.24) is 5.32 Å². The third kappa shape index (κ3) is 1.42. The molecule has 1 N–H and O–H groups in total. The van der Waals surface area contributed by atoms with Gasteiger partial charge in [-0.15, -0.1) is 0 Å². The fourth-order valence-electron chi connectivity index (χ4n) is 1.43. The van der Waals surface area contributed by atoms with Crippen LogP contribution in [0.3, 0.4) is 0 Å². The zero-order valence-corrected chi connectivity index (χ0v) is 6.94. The van der Waals surface area contributed by atoms with Crippen LogP contribution in [0.2, 0.25) is 0 Å². The molecule has 11 heavy (non-hydrogen) atoms. The molecule has 0 saturated heterocycles. The maximum atomic E-state index is 11.1. The Morgan fingerprint density at radius 3 is 1.91 bits per heavy atom. The molecule has 3 nitrogen and oxygen atoms in total. The highest BCUT2D eigenvalue weighted by atomic mass is 16.2. The lowest BCUT2D eigenvalue weighted by atomic mass is 9.74. The lowest BCUT2D eigenvalue weighted by Gasteiger charge is -2.39. The number of amides is 1. The van der Waals surface area contributed by atoms with Crippen LogP contribution in [0, 0.1) is 0 Å². The maximum Gasteiger partial charge on any atom is 0.217 e. The van der Waals surface area contributed by atoms with Crippen molar-refractivity contribution in [3.05, 3.63) is 0 Å². The third-order valence-electron chi connectivity index (χ3n) is 2.30. The summed E-state index contributed by atoms with van der Waals surface area (Å²) in [5.74, 6) is -0.0288. The molecule has 1 aliphatic rings. The maximum absolute atomic E-state index is 11.1. The smallest absolute Gasteiger partial charge is 0.217 e. The van der Waals surface area contributed by atoms with E-state index in [2.05, 4.69) is 5.32 Å². The molecule has 62 valence electrons. The molecule has 0 radical (unpaired) electrons. The summed E-state index contributed by atoms with van der Waals surface area (Å²) in [6.45, 7) is 2.98. The second-order valence-corrected chi connectivity index (χ2v) is 3.17. The summed E-state index contributed by atoms with van der Waals surface area (Å²) in [5, 5.41) is 2.70. The molecular weight excluding hydrogens is 142 g/mol. The fraction of sp³-hybridized carbons (Fsp3) is 0.750. The van der Waals surface area contributed by atoms with Gasteiger partial charge >= 0.3 is 0 Å². The number of Topliss-reactive ketones (excluding diaryl/α,β-unsaturated/α-hetero) is 1. The summed E-state index contributed by atoms with van der Waals surface area (Å²) in [6, 6.07) is 0. The molecule has 0 unspecified atom stereocenters. The lowest BCUT2D eigenvalue weighted by molar-refractivity contribution is -0.133. The predicted molar refractivity (Wildman–Crippen MR) is 41.1 cm³/mol. The SMILES string of the molecule is CC(=O)NC1(C(C)=O)CCC1. The highest BCUT2D eigenvalue weighted by Crippen LogP contribution is 2.32. The number of rotatable bonds is 2. The molecule has 3 heteroatoms. The van der Waals surface area contributed by atoms with Gasteiger partial charge in [0.25, 0.3) is 0 Å². The molecule has 1 saturated carbocycles. The predicted octanol–water partition coefficient (Wildman–Crippen LogP) is 0.634. The Morgan fingerprint density at radius 1 is 1.27 bits per heavy atom. The van der Waals surface area contributed by atoms with Crippen LogP contribution < -0.4 is 5.32 Å². The second kappa shape index (κ2) is 2.64. The van der Waals surface area contributed by atoms with Gasteiger partial charge in [0.05, 0.1) is 5.54 Å². The highest BCUT2D eigenvalue weighted by molar-refractivity contribution is 5.91. The summed E-state index contributed by atoms with van der Waals surface area (Å²) in [4.78, 5) is 21.8. The van der Waals surface area contributed by atoms with Crippen LogP contribution in [0.25, 0.3) is 0 Å². The van der Waals surface area contributed by atoms with Crippen LogP contribution in [0.1, 0.15) is 33.1 Å². The highest BCUT2D eigenvalue weighted by Gasteiger charge is 2.41. The van der Waals surface area contributed by atoms with Crippen molar-refractivity contribution in [3.8, 4) is 0 Å². The van der Waals surface area contributed by atoms with E-state index in [0.717, 1.165) is 19.3 Å². The topological polar surface area (TPSA) is 46.2 Å². The van der Waals surface area contributed by atoms with Crippen LogP contribution in [-0.4, -0.2) is 17.2 Å². The van der Waals surface area contributed by atoms with Gasteiger partial charge in [-0.05, 0) is 26.2 Å². The molecule has 0 bridgehead atoms. The molecule has 1 rings (SSSR count). The van der Waals surface area contributed by atoms with Crippen molar-refractivity contribution in [3.63, 3.8) is 0 Å². The molecular formula is C8H13NO2. The molecule has 1 aliphatic carbocycles. The Hall–Kier alpha value is -0.860. The van der Waals surface area contributed by atoms with Crippen molar-refractivity contribution in [1.29, 1.82) is 0 Å². The number of carbonyl (C=O) groups is 2. The van der Waals surface area contributed by atoms with E-state index < -0.39 is 5.54 Å². The standard InChI is InChI=1S/C8H13NO2/c1-6(10)8(4-3-5-8)9-7(2)11/h3-5H2,1-2H3,(H,9,11). The van der Waals surface area contributed by atoms with E-state index in [4.69, 9.17) is 0 Å². The molecule has 1 amide bonds. The van der Waals surface area contributed by atoms with E-state index >= 15 is 0 Å². The van der Waals surface area contributed by atoms with E-state index in [1.165, 1.54) is 13.8 Å². The summed E-state index contributed by atoms with van der Waals surface area (Å²) >= 11 is 0. The average molecular weight is 155 g/mol. The fourth-order valence-corrected chi connectivity index (χ4v) is 1.43. The Balaban J connectivity index is 2.61. The monoisotopic (exact) mass is 155 g/mol. The third-order valence-corrected chi connectivity index (χ3v) is 2.30. The Labute approximate surface area is 66.2 Å². The first-order valence-corrected chi connectivity index (χ1v) is 3.87. The van der Waals surface area contributed by atoms with Gasteiger partial charge in [-0.3, -0.25) is 9.59 Å². The minimum absolute atomic E-state index is 0.0824. The number of ketones is 1. The molecule has 0 atom stereocenters. The van der Waals surface area contributed by atoms with Gasteiger partial charge in [-0.1, -0.05) is 0 Å². The zero-order chi connectivity index (χ0) is 8.48. The van der Waals surface area contributed by atoms with Gasteiger partial charge in [0.1, 0.15) is 0 Å². The summed E-state index contributed by atoms with van der Waals surface area (Å²) in [6.07, 6.45) is 2.66. The Bertz CT molecular complexity index is 194. The van der Waals surface area contributed by atoms with Crippen molar-refractivity contribution in [2.75, 3.05) is 0 Å². The normalized spacial score (nSPS) is 20.2. The van der Waals surface area contributed by atoms with Crippen LogP contribution in [0.15, 0.2) is 0 Å². The zero-order valence-electron chi connectivity index (χ0n) is 6.94. The molecule has 0 aromatic heterocycles. The summed E-state index contributed by atoms with van der Waals surface area (Å²) in [7, 11) is 0. The molecule has 0 aliphatic heterocycles. The van der Waals surface area contributed by atoms with Crippen LogP contribution in [0.4, 0.5) is 0 Å². The van der Waals surface area contributed by atoms with E-state index in [1.807, 2.05) is 0 Å². The number of hydrogen-bond donors (Lipinski definition) is 1. The van der Waals surface area contributed by atoms with E-state index in [-0.39, 0.29) is 11.7 Å². The van der Waals surface area contributed by atoms with E-state index in [9.17, 15) is 9.59 Å². The van der Waals surface area contributed by atoms with E-state index in [0.29, 0.717) is 0 Å². The van der Waals surface area contributed by atoms with Gasteiger partial charge < -0.3 is 5.32 Å². The summed E-state index contributed by atoms with van der Waals surface area (Å²) in [5.41, 5.74) is -0.494. The Morgan fingerprint density at radius 2 is 1.82 bits per heavy atom. The number of hydrogen-bond acceptors (Lipinski definition) is 2. The average Bonchev–Trinajstić information content (AvgIpc) is 1.77. The van der Waals surface area contributed by atoms with Crippen LogP contribution in [-0.2, 0) is 9.59 Å². The quantitative estimate of drug-likeness (QED) is 0.636. The van der Waals surface area contributed by atoms with Crippen molar-refractivity contribution >= 4 is 11.7 Å². The van der Waals surface area contributed by atoms with Crippen LogP contribution in [0.5, 0.6) is 0 Å².